The Morgan fingerprint density at radius 3 is 2.26 bits per heavy atom. The van der Waals surface area contributed by atoms with E-state index in [2.05, 4.69) is 16.9 Å². The van der Waals surface area contributed by atoms with Crippen LogP contribution in [0.25, 0.3) is 0 Å². The molecule has 2 rings (SSSR count). The number of hydrogen-bond acceptors (Lipinski definition) is 3. The van der Waals surface area contributed by atoms with E-state index >= 15 is 0 Å². The van der Waals surface area contributed by atoms with Gasteiger partial charge in [0.25, 0.3) is 0 Å². The van der Waals surface area contributed by atoms with Gasteiger partial charge in [-0.2, -0.15) is 0 Å². The molecule has 0 spiro atoms. The lowest BCUT2D eigenvalue weighted by molar-refractivity contribution is 0.294. The van der Waals surface area contributed by atoms with Crippen molar-refractivity contribution in [1.82, 2.24) is 5.32 Å². The van der Waals surface area contributed by atoms with Gasteiger partial charge in [-0.1, -0.05) is 54.2 Å². The molecule has 3 nitrogen and oxygen atoms in total. The number of ether oxygens (including phenoxy) is 1. The van der Waals surface area contributed by atoms with E-state index < -0.39 is 0 Å². The van der Waals surface area contributed by atoms with Crippen LogP contribution in [-0.4, -0.2) is 18.8 Å². The molecule has 0 aromatic carbocycles. The quantitative estimate of drug-likeness (QED) is 0.700. The number of hydrogen-bond donors (Lipinski definition) is 1. The summed E-state index contributed by atoms with van der Waals surface area (Å²) in [6.45, 7) is 21.6. The van der Waals surface area contributed by atoms with Crippen molar-refractivity contribution < 1.29 is 4.74 Å². The van der Waals surface area contributed by atoms with Crippen molar-refractivity contribution >= 4 is 5.71 Å². The van der Waals surface area contributed by atoms with Gasteiger partial charge in [0.2, 0.25) is 0 Å². The molecule has 23 heavy (non-hydrogen) atoms. The van der Waals surface area contributed by atoms with Crippen LogP contribution >= 0.6 is 0 Å². The SMILES string of the molecule is C=CC1=C(/C=C\C)N=C(C)C2=C(CNCC2)O1.CC.CC.CC. The van der Waals surface area contributed by atoms with Crippen LogP contribution in [0.3, 0.4) is 0 Å². The highest BCUT2D eigenvalue weighted by atomic mass is 16.5. The normalized spacial score (nSPS) is 16.3. The Labute approximate surface area is 143 Å². The first-order valence-corrected chi connectivity index (χ1v) is 8.92. The lowest BCUT2D eigenvalue weighted by Gasteiger charge is -2.19. The highest BCUT2D eigenvalue weighted by Gasteiger charge is 2.20. The molecule has 0 aromatic heterocycles. The lowest BCUT2D eigenvalue weighted by Crippen LogP contribution is -2.27. The first-order chi connectivity index (χ1) is 11.3. The number of nitrogens with one attached hydrogen (secondary N) is 1. The number of nitrogens with zero attached hydrogens (tertiary/aromatic N) is 1. The second-order valence-electron chi connectivity index (χ2n) is 4.08. The third-order valence-electron chi connectivity index (χ3n) is 2.89. The minimum Gasteiger partial charge on any atom is -0.458 e. The van der Waals surface area contributed by atoms with Crippen molar-refractivity contribution in [1.29, 1.82) is 0 Å². The number of aliphatic imine (C=N–C) groups is 1. The van der Waals surface area contributed by atoms with Crippen LogP contribution in [0.15, 0.2) is 52.6 Å². The highest BCUT2D eigenvalue weighted by Crippen LogP contribution is 2.26. The molecule has 0 atom stereocenters. The maximum atomic E-state index is 5.91. The summed E-state index contributed by atoms with van der Waals surface area (Å²) >= 11 is 0. The zero-order valence-corrected chi connectivity index (χ0v) is 16.4. The highest BCUT2D eigenvalue weighted by molar-refractivity contribution is 6.00. The Morgan fingerprint density at radius 1 is 1.13 bits per heavy atom. The van der Waals surface area contributed by atoms with Gasteiger partial charge in [0.15, 0.2) is 5.76 Å². The molecule has 0 radical (unpaired) electrons. The molecular weight excluding hydrogens is 284 g/mol. The van der Waals surface area contributed by atoms with Crippen LogP contribution in [0.1, 0.15) is 61.8 Å². The minimum absolute atomic E-state index is 0.733. The third kappa shape index (κ3) is 7.47. The molecule has 0 saturated heterocycles. The molecule has 0 unspecified atom stereocenters. The van der Waals surface area contributed by atoms with Gasteiger partial charge < -0.3 is 10.1 Å². The van der Waals surface area contributed by atoms with Gasteiger partial charge in [-0.25, -0.2) is 4.99 Å². The number of allylic oxidation sites excluding steroid dienone is 3. The molecule has 0 saturated carbocycles. The van der Waals surface area contributed by atoms with Gasteiger partial charge in [-0.3, -0.25) is 0 Å². The van der Waals surface area contributed by atoms with Crippen LogP contribution in [-0.2, 0) is 4.74 Å². The van der Waals surface area contributed by atoms with Crippen molar-refractivity contribution in [3.05, 3.63) is 47.6 Å². The first-order valence-electron chi connectivity index (χ1n) is 8.92. The van der Waals surface area contributed by atoms with E-state index in [1.54, 1.807) is 6.08 Å². The Morgan fingerprint density at radius 2 is 1.74 bits per heavy atom. The molecule has 0 aromatic rings. The molecule has 2 aliphatic heterocycles. The Balaban J connectivity index is 0. The first kappa shape index (κ1) is 23.7. The Kier molecular flexibility index (Phi) is 15.7. The van der Waals surface area contributed by atoms with Crippen LogP contribution < -0.4 is 5.32 Å². The van der Waals surface area contributed by atoms with Crippen LogP contribution in [0.5, 0.6) is 0 Å². The van der Waals surface area contributed by atoms with Crippen LogP contribution in [0.2, 0.25) is 0 Å². The molecule has 0 bridgehead atoms. The smallest absolute Gasteiger partial charge is 0.152 e. The fourth-order valence-corrected chi connectivity index (χ4v) is 2.05. The maximum absolute atomic E-state index is 5.91. The van der Waals surface area contributed by atoms with Gasteiger partial charge in [0.05, 0.1) is 6.54 Å². The van der Waals surface area contributed by atoms with E-state index in [4.69, 9.17) is 4.74 Å². The standard InChI is InChI=1S/C14H18N2O.3C2H6/c1-4-6-12-13(5-2)17-14-9-15-8-7-11(14)10(3)16-12;3*1-2/h4-6,15H,2,7-9H2,1,3H3;3*1-2H3/b6-4-;;;. The zero-order valence-electron chi connectivity index (χ0n) is 16.4. The molecule has 1 N–H and O–H groups in total. The predicted molar refractivity (Wildman–Crippen MR) is 105 cm³/mol. The van der Waals surface area contributed by atoms with Crippen molar-refractivity contribution in [2.75, 3.05) is 13.1 Å². The Bertz CT molecular complexity index is 454. The average Bonchev–Trinajstić information content (AvgIpc) is 2.77. The largest absolute Gasteiger partial charge is 0.458 e. The summed E-state index contributed by atoms with van der Waals surface area (Å²) < 4.78 is 5.91. The molecular formula is C20H36N2O. The van der Waals surface area contributed by atoms with E-state index in [1.807, 2.05) is 67.5 Å². The third-order valence-corrected chi connectivity index (χ3v) is 2.89. The monoisotopic (exact) mass is 320 g/mol. The molecule has 2 aliphatic rings. The molecule has 0 fully saturated rings. The summed E-state index contributed by atoms with van der Waals surface area (Å²) in [6.07, 6.45) is 6.60. The van der Waals surface area contributed by atoms with Crippen LogP contribution in [0, 0.1) is 0 Å². The summed E-state index contributed by atoms with van der Waals surface area (Å²) in [5.74, 6) is 1.71. The van der Waals surface area contributed by atoms with Gasteiger partial charge >= 0.3 is 0 Å². The second-order valence-corrected chi connectivity index (χ2v) is 4.08. The molecule has 2 heterocycles. The van der Waals surface area contributed by atoms with E-state index in [0.717, 1.165) is 42.4 Å². The van der Waals surface area contributed by atoms with Gasteiger partial charge in [0, 0.05) is 11.3 Å². The van der Waals surface area contributed by atoms with Crippen molar-refractivity contribution in [2.45, 2.75) is 61.8 Å². The van der Waals surface area contributed by atoms with E-state index in [0.29, 0.717) is 0 Å². The van der Waals surface area contributed by atoms with Crippen LogP contribution in [0.4, 0.5) is 0 Å². The fourth-order valence-electron chi connectivity index (χ4n) is 2.05. The molecule has 3 heteroatoms. The van der Waals surface area contributed by atoms with Crippen molar-refractivity contribution in [3.8, 4) is 0 Å². The molecule has 0 aliphatic carbocycles. The summed E-state index contributed by atoms with van der Waals surface area (Å²) in [6, 6.07) is 0. The average molecular weight is 321 g/mol. The van der Waals surface area contributed by atoms with Gasteiger partial charge in [-0.15, -0.1) is 0 Å². The molecule has 0 amide bonds. The Hall–Kier alpha value is -1.61. The van der Waals surface area contributed by atoms with E-state index in [-0.39, 0.29) is 0 Å². The van der Waals surface area contributed by atoms with E-state index in [9.17, 15) is 0 Å². The molecule has 132 valence electrons. The zero-order chi connectivity index (χ0) is 18.3. The summed E-state index contributed by atoms with van der Waals surface area (Å²) in [7, 11) is 0. The second kappa shape index (κ2) is 15.3. The van der Waals surface area contributed by atoms with Gasteiger partial charge in [-0.05, 0) is 39.0 Å². The minimum atomic E-state index is 0.733. The van der Waals surface area contributed by atoms with Crippen molar-refractivity contribution in [3.63, 3.8) is 0 Å². The summed E-state index contributed by atoms with van der Waals surface area (Å²) in [5, 5.41) is 3.31. The number of rotatable bonds is 2. The van der Waals surface area contributed by atoms with Crippen molar-refractivity contribution in [2.24, 2.45) is 4.99 Å². The maximum Gasteiger partial charge on any atom is 0.152 e. The lowest BCUT2D eigenvalue weighted by atomic mass is 10.0. The topological polar surface area (TPSA) is 33.6 Å². The summed E-state index contributed by atoms with van der Waals surface area (Å²) in [5.41, 5.74) is 3.11. The van der Waals surface area contributed by atoms with Gasteiger partial charge in [0.1, 0.15) is 11.5 Å². The fraction of sp³-hybridized carbons (Fsp3) is 0.550. The van der Waals surface area contributed by atoms with E-state index in [1.165, 1.54) is 5.57 Å². The summed E-state index contributed by atoms with van der Waals surface area (Å²) in [4.78, 5) is 4.63. The predicted octanol–water partition coefficient (Wildman–Crippen LogP) is 5.78.